The van der Waals surface area contributed by atoms with Crippen molar-refractivity contribution in [3.8, 4) is 5.75 Å². The Morgan fingerprint density at radius 3 is 2.89 bits per heavy atom. The van der Waals surface area contributed by atoms with E-state index < -0.39 is 0 Å². The van der Waals surface area contributed by atoms with Gasteiger partial charge < -0.3 is 15.8 Å². The number of hydrogen-bond donors (Lipinski definition) is 2. The molecule has 1 aromatic rings. The third-order valence-electron chi connectivity index (χ3n) is 3.07. The van der Waals surface area contributed by atoms with Crippen LogP contribution >= 0.6 is 15.9 Å². The standard InChI is InChI=1S/C13H17BrN2O2/c14-13-10(15)6-3-7-11(13)18-8-12(17)16-9-4-1-2-5-9/h3,6-7,9H,1-2,4-5,8,15H2,(H,16,17). The molecule has 1 aliphatic carbocycles. The summed E-state index contributed by atoms with van der Waals surface area (Å²) in [6.45, 7) is 0.0263. The molecule has 0 spiro atoms. The molecule has 98 valence electrons. The molecule has 1 aromatic carbocycles. The van der Waals surface area contributed by atoms with Crippen LogP contribution in [-0.4, -0.2) is 18.6 Å². The molecule has 0 aliphatic heterocycles. The lowest BCUT2D eigenvalue weighted by atomic mass is 10.2. The fourth-order valence-corrected chi connectivity index (χ4v) is 2.50. The number of hydrogen-bond acceptors (Lipinski definition) is 3. The molecule has 1 saturated carbocycles. The Kier molecular flexibility index (Phi) is 4.47. The summed E-state index contributed by atoms with van der Waals surface area (Å²) in [7, 11) is 0. The third-order valence-corrected chi connectivity index (χ3v) is 3.92. The summed E-state index contributed by atoms with van der Waals surface area (Å²) in [6, 6.07) is 5.67. The van der Waals surface area contributed by atoms with Gasteiger partial charge in [-0.05, 0) is 40.9 Å². The quantitative estimate of drug-likeness (QED) is 0.839. The predicted molar refractivity (Wildman–Crippen MR) is 74.4 cm³/mol. The highest BCUT2D eigenvalue weighted by Crippen LogP contribution is 2.30. The maximum atomic E-state index is 11.7. The van der Waals surface area contributed by atoms with Crippen molar-refractivity contribution >= 4 is 27.5 Å². The fourth-order valence-electron chi connectivity index (χ4n) is 2.12. The molecule has 3 N–H and O–H groups in total. The molecule has 0 heterocycles. The smallest absolute Gasteiger partial charge is 0.258 e. The summed E-state index contributed by atoms with van der Waals surface area (Å²) >= 11 is 3.34. The third kappa shape index (κ3) is 3.38. The van der Waals surface area contributed by atoms with Crippen LogP contribution < -0.4 is 15.8 Å². The minimum atomic E-state index is -0.0729. The molecule has 0 radical (unpaired) electrons. The van der Waals surface area contributed by atoms with Crippen molar-refractivity contribution in [2.75, 3.05) is 12.3 Å². The molecule has 0 unspecified atom stereocenters. The largest absolute Gasteiger partial charge is 0.483 e. The van der Waals surface area contributed by atoms with Gasteiger partial charge in [-0.25, -0.2) is 0 Å². The number of halogens is 1. The molecule has 1 amide bonds. The van der Waals surface area contributed by atoms with Crippen molar-refractivity contribution in [3.05, 3.63) is 22.7 Å². The van der Waals surface area contributed by atoms with Crippen molar-refractivity contribution < 1.29 is 9.53 Å². The zero-order chi connectivity index (χ0) is 13.0. The average Bonchev–Trinajstić information content (AvgIpc) is 2.84. The van der Waals surface area contributed by atoms with Crippen LogP contribution in [0.3, 0.4) is 0 Å². The number of carbonyl (C=O) groups is 1. The van der Waals surface area contributed by atoms with Gasteiger partial charge in [0.1, 0.15) is 5.75 Å². The summed E-state index contributed by atoms with van der Waals surface area (Å²) in [5.41, 5.74) is 6.33. The molecule has 18 heavy (non-hydrogen) atoms. The summed E-state index contributed by atoms with van der Waals surface area (Å²) in [4.78, 5) is 11.7. The van der Waals surface area contributed by atoms with Crippen LogP contribution in [0.5, 0.6) is 5.75 Å². The van der Waals surface area contributed by atoms with E-state index in [1.807, 2.05) is 0 Å². The number of carbonyl (C=O) groups excluding carboxylic acids is 1. The highest BCUT2D eigenvalue weighted by molar-refractivity contribution is 9.10. The van der Waals surface area contributed by atoms with Gasteiger partial charge in [-0.1, -0.05) is 18.9 Å². The van der Waals surface area contributed by atoms with Crippen LogP contribution in [0.1, 0.15) is 25.7 Å². The van der Waals surface area contributed by atoms with E-state index in [0.29, 0.717) is 22.0 Å². The summed E-state index contributed by atoms with van der Waals surface area (Å²) in [6.07, 6.45) is 4.56. The molecule has 0 bridgehead atoms. The minimum absolute atomic E-state index is 0.0263. The maximum absolute atomic E-state index is 11.7. The number of anilines is 1. The first-order valence-electron chi connectivity index (χ1n) is 6.13. The van der Waals surface area contributed by atoms with Crippen molar-refractivity contribution in [2.24, 2.45) is 0 Å². The number of nitrogen functional groups attached to an aromatic ring is 1. The molecule has 0 aromatic heterocycles. The Morgan fingerprint density at radius 1 is 1.44 bits per heavy atom. The van der Waals surface area contributed by atoms with Gasteiger partial charge in [-0.2, -0.15) is 0 Å². The first-order chi connectivity index (χ1) is 8.66. The van der Waals surface area contributed by atoms with Crippen LogP contribution in [0.2, 0.25) is 0 Å². The Morgan fingerprint density at radius 2 is 2.17 bits per heavy atom. The molecular weight excluding hydrogens is 296 g/mol. The Balaban J connectivity index is 1.83. The highest BCUT2D eigenvalue weighted by atomic mass is 79.9. The van der Waals surface area contributed by atoms with Crippen molar-refractivity contribution in [1.29, 1.82) is 0 Å². The Labute approximate surface area is 115 Å². The van der Waals surface area contributed by atoms with E-state index in [2.05, 4.69) is 21.2 Å². The number of rotatable bonds is 4. The lowest BCUT2D eigenvalue weighted by Crippen LogP contribution is -2.36. The van der Waals surface area contributed by atoms with E-state index in [0.717, 1.165) is 12.8 Å². The van der Waals surface area contributed by atoms with E-state index >= 15 is 0 Å². The highest BCUT2D eigenvalue weighted by Gasteiger charge is 2.17. The zero-order valence-electron chi connectivity index (χ0n) is 10.1. The molecule has 0 atom stereocenters. The summed E-state index contributed by atoms with van der Waals surface area (Å²) in [5.74, 6) is 0.521. The molecular formula is C13H17BrN2O2. The van der Waals surface area contributed by atoms with Crippen LogP contribution in [-0.2, 0) is 4.79 Å². The Bertz CT molecular complexity index is 431. The molecule has 2 rings (SSSR count). The lowest BCUT2D eigenvalue weighted by molar-refractivity contribution is -0.123. The van der Waals surface area contributed by atoms with Crippen molar-refractivity contribution in [1.82, 2.24) is 5.32 Å². The second-order valence-electron chi connectivity index (χ2n) is 4.50. The number of ether oxygens (including phenoxy) is 1. The van der Waals surface area contributed by atoms with Crippen LogP contribution in [0.4, 0.5) is 5.69 Å². The van der Waals surface area contributed by atoms with Gasteiger partial charge in [0.15, 0.2) is 6.61 Å². The van der Waals surface area contributed by atoms with Gasteiger partial charge >= 0.3 is 0 Å². The van der Waals surface area contributed by atoms with Gasteiger partial charge in [0.05, 0.1) is 4.47 Å². The van der Waals surface area contributed by atoms with Crippen molar-refractivity contribution in [2.45, 2.75) is 31.7 Å². The maximum Gasteiger partial charge on any atom is 0.258 e. The molecule has 4 nitrogen and oxygen atoms in total. The van der Waals surface area contributed by atoms with Gasteiger partial charge in [-0.15, -0.1) is 0 Å². The van der Waals surface area contributed by atoms with Gasteiger partial charge in [0, 0.05) is 11.7 Å². The van der Waals surface area contributed by atoms with Crippen molar-refractivity contribution in [3.63, 3.8) is 0 Å². The zero-order valence-corrected chi connectivity index (χ0v) is 11.7. The van der Waals surface area contributed by atoms with Crippen LogP contribution in [0.25, 0.3) is 0 Å². The van der Waals surface area contributed by atoms with E-state index in [-0.39, 0.29) is 12.5 Å². The lowest BCUT2D eigenvalue weighted by Gasteiger charge is -2.13. The van der Waals surface area contributed by atoms with Gasteiger partial charge in [-0.3, -0.25) is 4.79 Å². The number of benzene rings is 1. The normalized spacial score (nSPS) is 15.6. The minimum Gasteiger partial charge on any atom is -0.483 e. The molecule has 5 heteroatoms. The first-order valence-corrected chi connectivity index (χ1v) is 6.92. The predicted octanol–water partition coefficient (Wildman–Crippen LogP) is 2.47. The molecule has 1 aliphatic rings. The number of nitrogens with two attached hydrogens (primary N) is 1. The topological polar surface area (TPSA) is 64.3 Å². The number of nitrogens with one attached hydrogen (secondary N) is 1. The van der Waals surface area contributed by atoms with Crippen LogP contribution in [0.15, 0.2) is 22.7 Å². The molecule has 0 saturated heterocycles. The monoisotopic (exact) mass is 312 g/mol. The summed E-state index contributed by atoms with van der Waals surface area (Å²) in [5, 5.41) is 2.97. The number of amides is 1. The second-order valence-corrected chi connectivity index (χ2v) is 5.29. The first kappa shape index (κ1) is 13.2. The average molecular weight is 313 g/mol. The van der Waals surface area contributed by atoms with Gasteiger partial charge in [0.25, 0.3) is 5.91 Å². The SMILES string of the molecule is Nc1cccc(OCC(=O)NC2CCCC2)c1Br. The fraction of sp³-hybridized carbons (Fsp3) is 0.462. The summed E-state index contributed by atoms with van der Waals surface area (Å²) < 4.78 is 6.14. The van der Waals surface area contributed by atoms with E-state index in [1.54, 1.807) is 18.2 Å². The Hall–Kier alpha value is -1.23. The van der Waals surface area contributed by atoms with E-state index in [9.17, 15) is 4.79 Å². The van der Waals surface area contributed by atoms with Gasteiger partial charge in [0.2, 0.25) is 0 Å². The van der Waals surface area contributed by atoms with E-state index in [4.69, 9.17) is 10.5 Å². The molecule has 1 fully saturated rings. The second kappa shape index (κ2) is 6.09. The van der Waals surface area contributed by atoms with E-state index in [1.165, 1.54) is 12.8 Å². The van der Waals surface area contributed by atoms with Crippen LogP contribution in [0, 0.1) is 0 Å².